The Morgan fingerprint density at radius 3 is 2.40 bits per heavy atom. The van der Waals surface area contributed by atoms with Gasteiger partial charge >= 0.3 is 0 Å². The van der Waals surface area contributed by atoms with Crippen LogP contribution in [0.15, 0.2) is 24.3 Å². The number of ether oxygens (including phenoxy) is 1. The summed E-state index contributed by atoms with van der Waals surface area (Å²) in [6, 6.07) is 5.89. The predicted octanol–water partition coefficient (Wildman–Crippen LogP) is 2.96. The topological polar surface area (TPSA) is 37.9 Å². The van der Waals surface area contributed by atoms with Gasteiger partial charge in [-0.05, 0) is 38.1 Å². The number of hydrogen-bond acceptors (Lipinski definition) is 2. The lowest BCUT2D eigenvalue weighted by molar-refractivity contribution is 0.473. The van der Waals surface area contributed by atoms with Crippen LogP contribution in [-0.4, -0.2) is 10.2 Å². The molecule has 0 amide bonds. The van der Waals surface area contributed by atoms with Crippen molar-refractivity contribution in [2.45, 2.75) is 13.8 Å². The Labute approximate surface area is 86.9 Å². The van der Waals surface area contributed by atoms with Crippen molar-refractivity contribution in [2.24, 2.45) is 0 Å². The van der Waals surface area contributed by atoms with Gasteiger partial charge in [-0.2, -0.15) is 5.10 Å². The highest BCUT2D eigenvalue weighted by Crippen LogP contribution is 2.26. The monoisotopic (exact) mass is 206 g/mol. The molecule has 0 atom stereocenters. The molecule has 1 aromatic heterocycles. The van der Waals surface area contributed by atoms with Gasteiger partial charge in [-0.1, -0.05) is 0 Å². The molecular weight excluding hydrogens is 195 g/mol. The van der Waals surface area contributed by atoms with E-state index in [2.05, 4.69) is 10.2 Å². The van der Waals surface area contributed by atoms with Gasteiger partial charge in [0.15, 0.2) is 5.75 Å². The first-order chi connectivity index (χ1) is 7.16. The number of rotatable bonds is 2. The third-order valence-corrected chi connectivity index (χ3v) is 2.09. The molecule has 3 nitrogen and oxygen atoms in total. The summed E-state index contributed by atoms with van der Waals surface area (Å²) < 4.78 is 18.2. The van der Waals surface area contributed by atoms with Gasteiger partial charge in [0.1, 0.15) is 17.3 Å². The van der Waals surface area contributed by atoms with E-state index in [-0.39, 0.29) is 5.82 Å². The van der Waals surface area contributed by atoms with E-state index in [1.807, 2.05) is 13.8 Å². The lowest BCUT2D eigenvalue weighted by Crippen LogP contribution is -1.87. The average Bonchev–Trinajstić information content (AvgIpc) is 2.53. The Kier molecular flexibility index (Phi) is 2.41. The zero-order chi connectivity index (χ0) is 10.8. The Morgan fingerprint density at radius 1 is 1.20 bits per heavy atom. The summed E-state index contributed by atoms with van der Waals surface area (Å²) >= 11 is 0. The second-order valence-electron chi connectivity index (χ2n) is 3.32. The molecule has 2 aromatic rings. The number of benzene rings is 1. The lowest BCUT2D eigenvalue weighted by atomic mass is 10.3. The molecule has 0 saturated heterocycles. The van der Waals surface area contributed by atoms with E-state index in [1.165, 1.54) is 12.1 Å². The quantitative estimate of drug-likeness (QED) is 0.820. The molecule has 1 heterocycles. The lowest BCUT2D eigenvalue weighted by Gasteiger charge is -2.04. The Bertz CT molecular complexity index is 442. The van der Waals surface area contributed by atoms with Crippen LogP contribution >= 0.6 is 0 Å². The minimum absolute atomic E-state index is 0.275. The molecule has 0 bridgehead atoms. The molecular formula is C11H11FN2O. The largest absolute Gasteiger partial charge is 0.454 e. The molecule has 0 aliphatic carbocycles. The molecule has 0 spiro atoms. The second-order valence-corrected chi connectivity index (χ2v) is 3.32. The van der Waals surface area contributed by atoms with Crippen LogP contribution in [0.4, 0.5) is 4.39 Å². The third-order valence-electron chi connectivity index (χ3n) is 2.09. The van der Waals surface area contributed by atoms with E-state index in [0.717, 1.165) is 11.4 Å². The van der Waals surface area contributed by atoms with Crippen LogP contribution in [0.5, 0.6) is 11.5 Å². The molecule has 0 radical (unpaired) electrons. The summed E-state index contributed by atoms with van der Waals surface area (Å²) in [6.07, 6.45) is 0. The zero-order valence-corrected chi connectivity index (χ0v) is 8.54. The maximum absolute atomic E-state index is 12.6. The van der Waals surface area contributed by atoms with Crippen molar-refractivity contribution in [3.05, 3.63) is 41.5 Å². The summed E-state index contributed by atoms with van der Waals surface area (Å²) in [5, 5.41) is 6.83. The first kappa shape index (κ1) is 9.71. The number of aromatic nitrogens is 2. The van der Waals surface area contributed by atoms with Gasteiger partial charge in [-0.3, -0.25) is 5.10 Å². The van der Waals surface area contributed by atoms with E-state index in [0.29, 0.717) is 11.5 Å². The first-order valence-corrected chi connectivity index (χ1v) is 4.62. The Hall–Kier alpha value is -1.84. The second kappa shape index (κ2) is 3.73. The zero-order valence-electron chi connectivity index (χ0n) is 8.54. The number of aromatic amines is 1. The molecule has 1 aromatic carbocycles. The van der Waals surface area contributed by atoms with Gasteiger partial charge in [0.05, 0.1) is 5.69 Å². The summed E-state index contributed by atoms with van der Waals surface area (Å²) in [5.41, 5.74) is 1.65. The van der Waals surface area contributed by atoms with Crippen LogP contribution in [0, 0.1) is 19.7 Å². The van der Waals surface area contributed by atoms with Gasteiger partial charge in [-0.15, -0.1) is 0 Å². The minimum Gasteiger partial charge on any atom is -0.454 e. The number of aryl methyl sites for hydroxylation is 2. The molecule has 0 saturated carbocycles. The summed E-state index contributed by atoms with van der Waals surface area (Å²) in [7, 11) is 0. The summed E-state index contributed by atoms with van der Waals surface area (Å²) in [4.78, 5) is 0. The molecule has 4 heteroatoms. The molecule has 0 unspecified atom stereocenters. The molecule has 2 rings (SSSR count). The average molecular weight is 206 g/mol. The molecule has 78 valence electrons. The highest BCUT2D eigenvalue weighted by atomic mass is 19.1. The van der Waals surface area contributed by atoms with Gasteiger partial charge in [0.2, 0.25) is 0 Å². The third kappa shape index (κ3) is 1.98. The van der Waals surface area contributed by atoms with Gasteiger partial charge in [0, 0.05) is 0 Å². The van der Waals surface area contributed by atoms with Crippen molar-refractivity contribution in [2.75, 3.05) is 0 Å². The van der Waals surface area contributed by atoms with Crippen molar-refractivity contribution in [3.63, 3.8) is 0 Å². The Morgan fingerprint density at radius 2 is 1.87 bits per heavy atom. The first-order valence-electron chi connectivity index (χ1n) is 4.62. The van der Waals surface area contributed by atoms with Crippen molar-refractivity contribution in [1.29, 1.82) is 0 Å². The minimum atomic E-state index is -0.275. The molecule has 0 aliphatic heterocycles. The number of nitrogens with one attached hydrogen (secondary N) is 1. The summed E-state index contributed by atoms with van der Waals surface area (Å²) in [5.74, 6) is 1.02. The standard InChI is InChI=1S/C11H11FN2O/c1-7-11(8(2)14-13-7)15-10-5-3-9(12)4-6-10/h3-6H,1-2H3,(H,13,14). The molecule has 0 aliphatic rings. The van der Waals surface area contributed by atoms with E-state index in [4.69, 9.17) is 4.74 Å². The van der Waals surface area contributed by atoms with E-state index in [9.17, 15) is 4.39 Å². The van der Waals surface area contributed by atoms with Crippen molar-refractivity contribution in [1.82, 2.24) is 10.2 Å². The Balaban J connectivity index is 2.25. The number of halogens is 1. The van der Waals surface area contributed by atoms with Crippen LogP contribution in [0.1, 0.15) is 11.4 Å². The smallest absolute Gasteiger partial charge is 0.170 e. The maximum atomic E-state index is 12.6. The normalized spacial score (nSPS) is 10.3. The van der Waals surface area contributed by atoms with E-state index < -0.39 is 0 Å². The number of hydrogen-bond donors (Lipinski definition) is 1. The fourth-order valence-corrected chi connectivity index (χ4v) is 1.31. The van der Waals surface area contributed by atoms with Crippen LogP contribution in [0.3, 0.4) is 0 Å². The van der Waals surface area contributed by atoms with Gasteiger partial charge in [0.25, 0.3) is 0 Å². The van der Waals surface area contributed by atoms with Crippen LogP contribution in [0.2, 0.25) is 0 Å². The van der Waals surface area contributed by atoms with Crippen molar-refractivity contribution in [3.8, 4) is 11.5 Å². The van der Waals surface area contributed by atoms with Gasteiger partial charge in [-0.25, -0.2) is 4.39 Å². The van der Waals surface area contributed by atoms with Crippen molar-refractivity contribution >= 4 is 0 Å². The fraction of sp³-hybridized carbons (Fsp3) is 0.182. The van der Waals surface area contributed by atoms with Crippen LogP contribution < -0.4 is 4.74 Å². The maximum Gasteiger partial charge on any atom is 0.170 e. The molecule has 0 fully saturated rings. The fourth-order valence-electron chi connectivity index (χ4n) is 1.31. The predicted molar refractivity (Wildman–Crippen MR) is 54.5 cm³/mol. The highest BCUT2D eigenvalue weighted by Gasteiger charge is 2.08. The van der Waals surface area contributed by atoms with Gasteiger partial charge < -0.3 is 4.74 Å². The number of H-pyrrole nitrogens is 1. The van der Waals surface area contributed by atoms with E-state index in [1.54, 1.807) is 12.1 Å². The molecule has 1 N–H and O–H groups in total. The van der Waals surface area contributed by atoms with Crippen molar-refractivity contribution < 1.29 is 9.13 Å². The summed E-state index contributed by atoms with van der Waals surface area (Å²) in [6.45, 7) is 3.72. The van der Waals surface area contributed by atoms with E-state index >= 15 is 0 Å². The SMILES string of the molecule is Cc1n[nH]c(C)c1Oc1ccc(F)cc1. The highest BCUT2D eigenvalue weighted by molar-refractivity contribution is 5.36. The van der Waals surface area contributed by atoms with Crippen LogP contribution in [0.25, 0.3) is 0 Å². The molecule has 15 heavy (non-hydrogen) atoms. The van der Waals surface area contributed by atoms with Crippen LogP contribution in [-0.2, 0) is 0 Å². The number of nitrogens with zero attached hydrogens (tertiary/aromatic N) is 1.